The van der Waals surface area contributed by atoms with Crippen molar-refractivity contribution in [3.8, 4) is 0 Å². The summed E-state index contributed by atoms with van der Waals surface area (Å²) in [5.74, 6) is 0.196. The van der Waals surface area contributed by atoms with Crippen molar-refractivity contribution in [2.45, 2.75) is 44.9 Å². The third-order valence-electron chi connectivity index (χ3n) is 4.94. The summed E-state index contributed by atoms with van der Waals surface area (Å²) in [4.78, 5) is 25.1. The van der Waals surface area contributed by atoms with E-state index in [2.05, 4.69) is 0 Å². The van der Waals surface area contributed by atoms with Gasteiger partial charge in [0.1, 0.15) is 11.6 Å². The number of halogens is 1. The first-order valence-corrected chi connectivity index (χ1v) is 7.82. The Morgan fingerprint density at radius 2 is 1.80 bits per heavy atom. The maximum Gasteiger partial charge on any atom is 0.150 e. The molecule has 0 aliphatic heterocycles. The fraction of sp³-hybridized carbons (Fsp3) is 0.529. The number of carbonyl (C=O) groups excluding carboxylic acids is 2. The first-order valence-electron chi connectivity index (χ1n) is 7.44. The molecule has 1 aromatic rings. The average molecular weight is 291 g/mol. The van der Waals surface area contributed by atoms with Crippen LogP contribution in [-0.4, -0.2) is 11.6 Å². The Labute approximate surface area is 124 Å². The van der Waals surface area contributed by atoms with Gasteiger partial charge in [-0.15, -0.1) is 0 Å². The minimum absolute atomic E-state index is 0.166. The molecule has 0 N–H and O–H groups in total. The van der Waals surface area contributed by atoms with Gasteiger partial charge in [-0.2, -0.15) is 0 Å². The average Bonchev–Trinajstić information content (AvgIpc) is 2.68. The van der Waals surface area contributed by atoms with Crippen LogP contribution in [0.15, 0.2) is 24.3 Å². The molecule has 3 rings (SSSR count). The fourth-order valence-corrected chi connectivity index (χ4v) is 4.03. The summed E-state index contributed by atoms with van der Waals surface area (Å²) in [6, 6.07) is 7.61. The Hall–Kier alpha value is -1.15. The molecule has 106 valence electrons. The smallest absolute Gasteiger partial charge is 0.150 e. The lowest BCUT2D eigenvalue weighted by Gasteiger charge is -2.30. The molecule has 0 heterocycles. The number of carbonyl (C=O) groups is 2. The minimum atomic E-state index is -0.635. The molecule has 2 nitrogen and oxygen atoms in total. The summed E-state index contributed by atoms with van der Waals surface area (Å²) >= 11 is 6.17. The molecule has 1 spiro atoms. The highest BCUT2D eigenvalue weighted by molar-refractivity contribution is 6.31. The Morgan fingerprint density at radius 1 is 1.10 bits per heavy atom. The lowest BCUT2D eigenvalue weighted by atomic mass is 9.71. The summed E-state index contributed by atoms with van der Waals surface area (Å²) in [5.41, 5.74) is 0.345. The third-order valence-corrected chi connectivity index (χ3v) is 5.31. The largest absolute Gasteiger partial charge is 0.299 e. The van der Waals surface area contributed by atoms with Crippen LogP contribution in [0.3, 0.4) is 0 Å². The predicted molar refractivity (Wildman–Crippen MR) is 78.8 cm³/mol. The molecule has 0 amide bonds. The highest BCUT2D eigenvalue weighted by Gasteiger charge is 2.53. The topological polar surface area (TPSA) is 34.1 Å². The van der Waals surface area contributed by atoms with Crippen molar-refractivity contribution in [3.63, 3.8) is 0 Å². The summed E-state index contributed by atoms with van der Waals surface area (Å²) in [5, 5.41) is 0.692. The van der Waals surface area contributed by atoms with Crippen molar-refractivity contribution in [3.05, 3.63) is 34.9 Å². The lowest BCUT2D eigenvalue weighted by molar-refractivity contribution is -0.137. The van der Waals surface area contributed by atoms with Gasteiger partial charge in [-0.3, -0.25) is 9.59 Å². The molecule has 2 saturated carbocycles. The molecule has 2 aliphatic carbocycles. The van der Waals surface area contributed by atoms with Crippen LogP contribution in [-0.2, 0) is 16.0 Å². The molecule has 1 atom stereocenters. The van der Waals surface area contributed by atoms with E-state index in [0.717, 1.165) is 37.7 Å². The predicted octanol–water partition coefficient (Wildman–Crippen LogP) is 3.99. The van der Waals surface area contributed by atoms with E-state index in [1.54, 1.807) is 0 Å². The van der Waals surface area contributed by atoms with E-state index in [1.165, 1.54) is 0 Å². The highest BCUT2D eigenvalue weighted by Crippen LogP contribution is 2.47. The third kappa shape index (κ3) is 2.20. The molecule has 0 aromatic heterocycles. The maximum absolute atomic E-state index is 12.7. The number of hydrogen-bond donors (Lipinski definition) is 0. The minimum Gasteiger partial charge on any atom is -0.299 e. The molecule has 3 heteroatoms. The highest BCUT2D eigenvalue weighted by atomic mass is 35.5. The van der Waals surface area contributed by atoms with Gasteiger partial charge >= 0.3 is 0 Å². The van der Waals surface area contributed by atoms with Crippen LogP contribution >= 0.6 is 11.6 Å². The zero-order valence-corrected chi connectivity index (χ0v) is 12.3. The van der Waals surface area contributed by atoms with E-state index >= 15 is 0 Å². The molecule has 0 saturated heterocycles. The van der Waals surface area contributed by atoms with E-state index in [1.807, 2.05) is 24.3 Å². The molecule has 0 radical (unpaired) electrons. The van der Waals surface area contributed by atoms with E-state index < -0.39 is 5.41 Å². The first-order chi connectivity index (χ1) is 9.63. The normalized spacial score (nSPS) is 25.4. The lowest BCUT2D eigenvalue weighted by Crippen LogP contribution is -2.36. The van der Waals surface area contributed by atoms with Gasteiger partial charge < -0.3 is 0 Å². The molecule has 1 aromatic carbocycles. The molecule has 20 heavy (non-hydrogen) atoms. The van der Waals surface area contributed by atoms with Crippen molar-refractivity contribution in [2.75, 3.05) is 0 Å². The second kappa shape index (κ2) is 5.33. The molecule has 2 fully saturated rings. The van der Waals surface area contributed by atoms with E-state index in [9.17, 15) is 9.59 Å². The van der Waals surface area contributed by atoms with Crippen molar-refractivity contribution < 1.29 is 9.59 Å². The van der Waals surface area contributed by atoms with Gasteiger partial charge in [0.05, 0.1) is 5.41 Å². The Kier molecular flexibility index (Phi) is 3.68. The van der Waals surface area contributed by atoms with E-state index in [-0.39, 0.29) is 17.5 Å². The molecule has 2 aliphatic rings. The molecular formula is C17H19ClO2. The summed E-state index contributed by atoms with van der Waals surface area (Å²) < 4.78 is 0. The van der Waals surface area contributed by atoms with Gasteiger partial charge in [0.2, 0.25) is 0 Å². The van der Waals surface area contributed by atoms with E-state index in [4.69, 9.17) is 11.6 Å². The second-order valence-electron chi connectivity index (χ2n) is 6.13. The number of hydrogen-bond acceptors (Lipinski definition) is 2. The number of Topliss-reactive ketones (excluding diaryl/α,β-unsaturated/α-hetero) is 2. The van der Waals surface area contributed by atoms with Crippen LogP contribution in [0.5, 0.6) is 0 Å². The molecule has 1 unspecified atom stereocenters. The number of rotatable bonds is 2. The maximum atomic E-state index is 12.7. The van der Waals surface area contributed by atoms with Crippen molar-refractivity contribution in [1.82, 2.24) is 0 Å². The van der Waals surface area contributed by atoms with Crippen LogP contribution in [0, 0.1) is 11.3 Å². The summed E-state index contributed by atoms with van der Waals surface area (Å²) in [6.07, 6.45) is 5.72. The van der Waals surface area contributed by atoms with E-state index in [0.29, 0.717) is 17.9 Å². The Balaban J connectivity index is 1.81. The Bertz CT molecular complexity index is 544. The van der Waals surface area contributed by atoms with Crippen molar-refractivity contribution in [2.24, 2.45) is 11.3 Å². The monoisotopic (exact) mass is 290 g/mol. The van der Waals surface area contributed by atoms with Crippen molar-refractivity contribution >= 4 is 23.2 Å². The van der Waals surface area contributed by atoms with Crippen LogP contribution in [0.2, 0.25) is 5.02 Å². The SMILES string of the molecule is O=C1CC(Cc2ccccc2Cl)C(=O)C12CCCCC2. The van der Waals surface area contributed by atoms with Gasteiger partial charge in [0, 0.05) is 17.4 Å². The zero-order valence-electron chi connectivity index (χ0n) is 11.5. The van der Waals surface area contributed by atoms with Crippen LogP contribution in [0.1, 0.15) is 44.1 Å². The van der Waals surface area contributed by atoms with Gasteiger partial charge in [-0.25, -0.2) is 0 Å². The summed E-state index contributed by atoms with van der Waals surface area (Å²) in [6.45, 7) is 0. The van der Waals surface area contributed by atoms with Crippen LogP contribution in [0.4, 0.5) is 0 Å². The van der Waals surface area contributed by atoms with Gasteiger partial charge in [-0.1, -0.05) is 49.1 Å². The summed E-state index contributed by atoms with van der Waals surface area (Å²) in [7, 11) is 0. The van der Waals surface area contributed by atoms with Crippen molar-refractivity contribution in [1.29, 1.82) is 0 Å². The molecular weight excluding hydrogens is 272 g/mol. The molecule has 0 bridgehead atoms. The van der Waals surface area contributed by atoms with Gasteiger partial charge in [-0.05, 0) is 30.9 Å². The van der Waals surface area contributed by atoms with Gasteiger partial charge in [0.25, 0.3) is 0 Å². The fourth-order valence-electron chi connectivity index (χ4n) is 3.81. The Morgan fingerprint density at radius 3 is 2.50 bits per heavy atom. The second-order valence-corrected chi connectivity index (χ2v) is 6.53. The standard InChI is InChI=1S/C17H19ClO2/c18-14-7-3-2-6-12(14)10-13-11-15(19)17(16(13)20)8-4-1-5-9-17/h2-3,6-7,13H,1,4-5,8-11H2. The van der Waals surface area contributed by atoms with Crippen LogP contribution in [0.25, 0.3) is 0 Å². The number of benzene rings is 1. The van der Waals surface area contributed by atoms with Crippen LogP contribution < -0.4 is 0 Å². The quantitative estimate of drug-likeness (QED) is 0.772. The number of ketones is 2. The zero-order chi connectivity index (χ0) is 14.2. The first kappa shape index (κ1) is 13.8. The van der Waals surface area contributed by atoms with Gasteiger partial charge in [0.15, 0.2) is 0 Å².